The fourth-order valence-corrected chi connectivity index (χ4v) is 2.18. The third-order valence-corrected chi connectivity index (χ3v) is 3.39. The van der Waals surface area contributed by atoms with Gasteiger partial charge in [0.2, 0.25) is 0 Å². The van der Waals surface area contributed by atoms with Gasteiger partial charge < -0.3 is 15.8 Å². The maximum absolute atomic E-state index is 12.0. The van der Waals surface area contributed by atoms with E-state index in [0.29, 0.717) is 22.8 Å². The van der Waals surface area contributed by atoms with Crippen LogP contribution in [0.3, 0.4) is 0 Å². The molecule has 1 aromatic carbocycles. The van der Waals surface area contributed by atoms with Gasteiger partial charge in [0.1, 0.15) is 0 Å². The molecular weight excluding hydrogens is 252 g/mol. The van der Waals surface area contributed by atoms with Crippen LogP contribution in [0.1, 0.15) is 29.6 Å². The van der Waals surface area contributed by atoms with Crippen LogP contribution in [0, 0.1) is 0 Å². The maximum atomic E-state index is 12.0. The first kappa shape index (κ1) is 13.2. The molecule has 1 aromatic rings. The molecule has 5 heteroatoms. The summed E-state index contributed by atoms with van der Waals surface area (Å²) in [5.41, 5.74) is 6.50. The van der Waals surface area contributed by atoms with Crippen molar-refractivity contribution in [3.05, 3.63) is 28.8 Å². The summed E-state index contributed by atoms with van der Waals surface area (Å²) in [6.07, 6.45) is 3.36. The summed E-state index contributed by atoms with van der Waals surface area (Å²) in [4.78, 5) is 12.0. The van der Waals surface area contributed by atoms with E-state index in [1.807, 2.05) is 0 Å². The van der Waals surface area contributed by atoms with Crippen LogP contribution in [0.25, 0.3) is 0 Å². The van der Waals surface area contributed by atoms with Crippen molar-refractivity contribution >= 4 is 23.2 Å². The summed E-state index contributed by atoms with van der Waals surface area (Å²) in [5, 5.41) is 3.23. The van der Waals surface area contributed by atoms with Gasteiger partial charge in [0.05, 0.1) is 22.4 Å². The molecule has 1 fully saturated rings. The molecule has 3 N–H and O–H groups in total. The number of amides is 1. The van der Waals surface area contributed by atoms with Gasteiger partial charge in [-0.25, -0.2) is 0 Å². The van der Waals surface area contributed by atoms with Crippen molar-refractivity contribution < 1.29 is 9.53 Å². The SMILES string of the molecule is Nc1c(Cl)cccc1C(=O)NCC1CCCCO1. The number of anilines is 1. The highest BCUT2D eigenvalue weighted by Crippen LogP contribution is 2.22. The number of nitrogens with one attached hydrogen (secondary N) is 1. The van der Waals surface area contributed by atoms with Crippen molar-refractivity contribution in [2.75, 3.05) is 18.9 Å². The minimum Gasteiger partial charge on any atom is -0.397 e. The van der Waals surface area contributed by atoms with Gasteiger partial charge in [-0.1, -0.05) is 17.7 Å². The van der Waals surface area contributed by atoms with Gasteiger partial charge in [-0.15, -0.1) is 0 Å². The molecule has 0 bridgehead atoms. The second-order valence-electron chi connectivity index (χ2n) is 4.40. The number of nitrogens with two attached hydrogens (primary N) is 1. The van der Waals surface area contributed by atoms with Crippen LogP contribution < -0.4 is 11.1 Å². The molecule has 1 aliphatic rings. The Morgan fingerprint density at radius 2 is 2.33 bits per heavy atom. The lowest BCUT2D eigenvalue weighted by Crippen LogP contribution is -2.35. The van der Waals surface area contributed by atoms with Crippen LogP contribution in [-0.2, 0) is 4.74 Å². The molecule has 4 nitrogen and oxygen atoms in total. The van der Waals surface area contributed by atoms with E-state index in [-0.39, 0.29) is 12.0 Å². The van der Waals surface area contributed by atoms with Crippen LogP contribution >= 0.6 is 11.6 Å². The zero-order chi connectivity index (χ0) is 13.0. The smallest absolute Gasteiger partial charge is 0.253 e. The summed E-state index contributed by atoms with van der Waals surface area (Å²) in [6, 6.07) is 5.04. The van der Waals surface area contributed by atoms with Gasteiger partial charge in [0.25, 0.3) is 5.91 Å². The van der Waals surface area contributed by atoms with Crippen molar-refractivity contribution in [1.82, 2.24) is 5.32 Å². The van der Waals surface area contributed by atoms with Crippen LogP contribution in [0.4, 0.5) is 5.69 Å². The number of halogens is 1. The van der Waals surface area contributed by atoms with E-state index >= 15 is 0 Å². The Labute approximate surface area is 111 Å². The average Bonchev–Trinajstić information content (AvgIpc) is 2.40. The highest BCUT2D eigenvalue weighted by atomic mass is 35.5. The highest BCUT2D eigenvalue weighted by Gasteiger charge is 2.16. The number of rotatable bonds is 3. The van der Waals surface area contributed by atoms with Gasteiger partial charge >= 0.3 is 0 Å². The second-order valence-corrected chi connectivity index (χ2v) is 4.81. The van der Waals surface area contributed by atoms with Crippen LogP contribution in [-0.4, -0.2) is 25.2 Å². The van der Waals surface area contributed by atoms with E-state index in [4.69, 9.17) is 22.1 Å². The lowest BCUT2D eigenvalue weighted by molar-refractivity contribution is 0.0169. The molecule has 18 heavy (non-hydrogen) atoms. The Hall–Kier alpha value is -1.26. The average molecular weight is 269 g/mol. The lowest BCUT2D eigenvalue weighted by atomic mass is 10.1. The first-order chi connectivity index (χ1) is 8.68. The molecule has 1 aliphatic heterocycles. The van der Waals surface area contributed by atoms with Crippen LogP contribution in [0.15, 0.2) is 18.2 Å². The standard InChI is InChI=1S/C13H17ClN2O2/c14-11-6-3-5-10(12(11)15)13(17)16-8-9-4-1-2-7-18-9/h3,5-6,9H,1-2,4,7-8,15H2,(H,16,17). The van der Waals surface area contributed by atoms with Gasteiger partial charge in [-0.05, 0) is 31.4 Å². The van der Waals surface area contributed by atoms with Crippen molar-refractivity contribution in [2.24, 2.45) is 0 Å². The number of benzene rings is 1. The number of hydrogen-bond acceptors (Lipinski definition) is 3. The van der Waals surface area contributed by atoms with E-state index in [0.717, 1.165) is 25.9 Å². The molecule has 98 valence electrons. The fraction of sp³-hybridized carbons (Fsp3) is 0.462. The molecule has 0 spiro atoms. The molecule has 1 amide bonds. The van der Waals surface area contributed by atoms with Gasteiger partial charge in [-0.2, -0.15) is 0 Å². The van der Waals surface area contributed by atoms with Crippen molar-refractivity contribution in [1.29, 1.82) is 0 Å². The number of carbonyl (C=O) groups is 1. The Kier molecular flexibility index (Phi) is 4.44. The number of hydrogen-bond donors (Lipinski definition) is 2. The van der Waals surface area contributed by atoms with Crippen LogP contribution in [0.2, 0.25) is 5.02 Å². The monoisotopic (exact) mass is 268 g/mol. The second kappa shape index (κ2) is 6.07. The van der Waals surface area contributed by atoms with E-state index in [9.17, 15) is 4.79 Å². The molecule has 1 heterocycles. The summed E-state index contributed by atoms with van der Waals surface area (Å²) >= 11 is 5.88. The zero-order valence-electron chi connectivity index (χ0n) is 10.1. The van der Waals surface area contributed by atoms with E-state index < -0.39 is 0 Å². The first-order valence-corrected chi connectivity index (χ1v) is 6.50. The van der Waals surface area contributed by atoms with E-state index in [1.54, 1.807) is 18.2 Å². The molecule has 1 atom stereocenters. The molecule has 0 saturated carbocycles. The molecule has 2 rings (SSSR count). The molecule has 1 saturated heterocycles. The fourth-order valence-electron chi connectivity index (χ4n) is 2.01. The molecule has 0 aliphatic carbocycles. The third-order valence-electron chi connectivity index (χ3n) is 3.06. The van der Waals surface area contributed by atoms with Gasteiger partial charge in [-0.3, -0.25) is 4.79 Å². The minimum absolute atomic E-state index is 0.114. The number of nitrogen functional groups attached to an aromatic ring is 1. The Bertz CT molecular complexity index is 431. The molecule has 0 aromatic heterocycles. The molecule has 1 unspecified atom stereocenters. The summed E-state index contributed by atoms with van der Waals surface area (Å²) in [5.74, 6) is -0.204. The summed E-state index contributed by atoms with van der Waals surface area (Å²) < 4.78 is 5.55. The lowest BCUT2D eigenvalue weighted by Gasteiger charge is -2.22. The first-order valence-electron chi connectivity index (χ1n) is 6.12. The topological polar surface area (TPSA) is 64.4 Å². The van der Waals surface area contributed by atoms with Gasteiger partial charge in [0, 0.05) is 13.2 Å². The minimum atomic E-state index is -0.204. The van der Waals surface area contributed by atoms with Crippen molar-refractivity contribution in [3.8, 4) is 0 Å². The Morgan fingerprint density at radius 3 is 3.06 bits per heavy atom. The summed E-state index contributed by atoms with van der Waals surface area (Å²) in [7, 11) is 0. The van der Waals surface area contributed by atoms with E-state index in [1.165, 1.54) is 0 Å². The highest BCUT2D eigenvalue weighted by molar-refractivity contribution is 6.33. The Balaban J connectivity index is 1.93. The van der Waals surface area contributed by atoms with E-state index in [2.05, 4.69) is 5.32 Å². The maximum Gasteiger partial charge on any atom is 0.253 e. The Morgan fingerprint density at radius 1 is 1.50 bits per heavy atom. The normalized spacial score (nSPS) is 19.5. The molecular formula is C13H17ClN2O2. The van der Waals surface area contributed by atoms with Crippen molar-refractivity contribution in [3.63, 3.8) is 0 Å². The number of ether oxygens (including phenoxy) is 1. The van der Waals surface area contributed by atoms with Crippen molar-refractivity contribution in [2.45, 2.75) is 25.4 Å². The predicted molar refractivity (Wildman–Crippen MR) is 71.8 cm³/mol. The third kappa shape index (κ3) is 3.15. The zero-order valence-corrected chi connectivity index (χ0v) is 10.9. The van der Waals surface area contributed by atoms with Crippen LogP contribution in [0.5, 0.6) is 0 Å². The van der Waals surface area contributed by atoms with Gasteiger partial charge in [0.15, 0.2) is 0 Å². The summed E-state index contributed by atoms with van der Waals surface area (Å²) in [6.45, 7) is 1.30. The number of para-hydroxylation sites is 1. The number of carbonyl (C=O) groups excluding carboxylic acids is 1. The largest absolute Gasteiger partial charge is 0.397 e. The molecule has 0 radical (unpaired) electrons. The quantitative estimate of drug-likeness (QED) is 0.826. The predicted octanol–water partition coefficient (Wildman–Crippen LogP) is 2.22.